The maximum Gasteiger partial charge on any atom is 0.266 e. The first-order chi connectivity index (χ1) is 14.5. The normalized spacial score (nSPS) is 16.6. The van der Waals surface area contributed by atoms with E-state index >= 15 is 0 Å². The zero-order chi connectivity index (χ0) is 21.5. The predicted octanol–water partition coefficient (Wildman–Crippen LogP) is 3.02. The summed E-state index contributed by atoms with van der Waals surface area (Å²) in [5, 5.41) is 8.99. The van der Waals surface area contributed by atoms with E-state index in [0.29, 0.717) is 46.8 Å². The van der Waals surface area contributed by atoms with Gasteiger partial charge in [-0.15, -0.1) is 0 Å². The highest BCUT2D eigenvalue weighted by Crippen LogP contribution is 2.36. The molecule has 2 amide bonds. The maximum atomic E-state index is 12.7. The molecule has 0 atom stereocenters. The van der Waals surface area contributed by atoms with Gasteiger partial charge in [0.1, 0.15) is 4.32 Å². The van der Waals surface area contributed by atoms with E-state index in [1.807, 2.05) is 31.2 Å². The Bertz CT molecular complexity index is 843. The predicted molar refractivity (Wildman–Crippen MR) is 120 cm³/mol. The summed E-state index contributed by atoms with van der Waals surface area (Å²) in [7, 11) is 0. The van der Waals surface area contributed by atoms with Crippen LogP contribution in [0, 0.1) is 0 Å². The van der Waals surface area contributed by atoms with E-state index in [1.165, 1.54) is 11.8 Å². The van der Waals surface area contributed by atoms with Gasteiger partial charge in [-0.25, -0.2) is 0 Å². The molecule has 162 valence electrons. The summed E-state index contributed by atoms with van der Waals surface area (Å²) in [6.45, 7) is 3.62. The van der Waals surface area contributed by atoms with Gasteiger partial charge < -0.3 is 19.5 Å². The molecule has 0 spiro atoms. The number of aliphatic hydroxyl groups is 1. The van der Waals surface area contributed by atoms with Crippen LogP contribution in [0.1, 0.15) is 38.2 Å². The Morgan fingerprint density at radius 3 is 2.87 bits per heavy atom. The minimum atomic E-state index is -0.0844. The van der Waals surface area contributed by atoms with Gasteiger partial charge in [-0.1, -0.05) is 36.5 Å². The van der Waals surface area contributed by atoms with E-state index in [0.717, 1.165) is 24.8 Å². The maximum absolute atomic E-state index is 12.7. The summed E-state index contributed by atoms with van der Waals surface area (Å²) >= 11 is 6.69. The molecule has 2 aliphatic rings. The minimum absolute atomic E-state index is 0.0200. The van der Waals surface area contributed by atoms with Crippen molar-refractivity contribution in [1.29, 1.82) is 0 Å². The zero-order valence-electron chi connectivity index (χ0n) is 17.0. The van der Waals surface area contributed by atoms with Crippen LogP contribution >= 0.6 is 24.0 Å². The Kier molecular flexibility index (Phi) is 8.12. The van der Waals surface area contributed by atoms with Crippen molar-refractivity contribution < 1.29 is 24.2 Å². The lowest BCUT2D eigenvalue weighted by Crippen LogP contribution is -2.33. The Morgan fingerprint density at radius 1 is 1.30 bits per heavy atom. The molecule has 0 saturated carbocycles. The van der Waals surface area contributed by atoms with Crippen LogP contribution in [0.3, 0.4) is 0 Å². The van der Waals surface area contributed by atoms with Crippen LogP contribution in [0.15, 0.2) is 23.1 Å². The topological polar surface area (TPSA) is 79.3 Å². The van der Waals surface area contributed by atoms with Crippen LogP contribution in [0.5, 0.6) is 11.5 Å². The lowest BCUT2D eigenvalue weighted by molar-refractivity contribution is -0.131. The van der Waals surface area contributed by atoms with E-state index in [1.54, 1.807) is 9.80 Å². The second kappa shape index (κ2) is 10.8. The van der Waals surface area contributed by atoms with Gasteiger partial charge in [0.25, 0.3) is 5.91 Å². The minimum Gasteiger partial charge on any atom is -0.454 e. The first-order valence-electron chi connectivity index (χ1n) is 10.1. The fourth-order valence-corrected chi connectivity index (χ4v) is 4.62. The molecule has 1 aromatic carbocycles. The van der Waals surface area contributed by atoms with Crippen molar-refractivity contribution in [2.75, 3.05) is 33.0 Å². The first kappa shape index (κ1) is 22.6. The standard InChI is InChI=1S/C21H26N2O5S2/c1-2-22(10-11-24)19(25)6-4-3-5-9-23-20(26)18(30-21(23)29)13-15-7-8-16-17(12-15)28-14-27-16/h7-8,12-13,24H,2-6,9-11,14H2,1H3. The van der Waals surface area contributed by atoms with E-state index in [-0.39, 0.29) is 25.2 Å². The fourth-order valence-electron chi connectivity index (χ4n) is 3.31. The Balaban J connectivity index is 1.47. The van der Waals surface area contributed by atoms with E-state index < -0.39 is 0 Å². The molecule has 1 fully saturated rings. The lowest BCUT2D eigenvalue weighted by Gasteiger charge is -2.19. The molecule has 2 heterocycles. The van der Waals surface area contributed by atoms with Crippen molar-refractivity contribution in [2.24, 2.45) is 0 Å². The van der Waals surface area contributed by atoms with Crippen molar-refractivity contribution >= 4 is 46.2 Å². The molecule has 0 radical (unpaired) electrons. The highest BCUT2D eigenvalue weighted by Gasteiger charge is 2.31. The van der Waals surface area contributed by atoms with Crippen LogP contribution in [-0.4, -0.2) is 64.1 Å². The molecule has 0 aromatic heterocycles. The summed E-state index contributed by atoms with van der Waals surface area (Å²) in [5.74, 6) is 1.36. The molecule has 0 bridgehead atoms. The molecule has 1 aromatic rings. The number of unbranched alkanes of at least 4 members (excludes halogenated alkanes) is 2. The van der Waals surface area contributed by atoms with E-state index in [2.05, 4.69) is 0 Å². The van der Waals surface area contributed by atoms with E-state index in [9.17, 15) is 9.59 Å². The van der Waals surface area contributed by atoms with Gasteiger partial charge in [-0.3, -0.25) is 14.5 Å². The fraction of sp³-hybridized carbons (Fsp3) is 0.476. The van der Waals surface area contributed by atoms with Gasteiger partial charge in [0.15, 0.2) is 11.5 Å². The van der Waals surface area contributed by atoms with Crippen LogP contribution in [0.25, 0.3) is 6.08 Å². The van der Waals surface area contributed by atoms with Gasteiger partial charge in [0, 0.05) is 26.1 Å². The number of carbonyl (C=O) groups excluding carboxylic acids is 2. The number of carbonyl (C=O) groups is 2. The number of likely N-dealkylation sites (N-methyl/N-ethyl adjacent to an activating group) is 1. The number of benzene rings is 1. The van der Waals surface area contributed by atoms with Crippen molar-refractivity contribution in [3.05, 3.63) is 28.7 Å². The van der Waals surface area contributed by atoms with Crippen LogP contribution in [0.4, 0.5) is 0 Å². The average molecular weight is 451 g/mol. The Hall–Kier alpha value is -2.10. The quantitative estimate of drug-likeness (QED) is 0.333. The number of amides is 2. The van der Waals surface area contributed by atoms with Crippen molar-refractivity contribution in [3.8, 4) is 11.5 Å². The second-order valence-corrected chi connectivity index (χ2v) is 8.63. The van der Waals surface area contributed by atoms with Crippen LogP contribution < -0.4 is 9.47 Å². The largest absolute Gasteiger partial charge is 0.454 e. The molecule has 0 unspecified atom stereocenters. The Morgan fingerprint density at radius 2 is 2.10 bits per heavy atom. The summed E-state index contributed by atoms with van der Waals surface area (Å²) in [5.41, 5.74) is 0.863. The van der Waals surface area contributed by atoms with Gasteiger partial charge in [0.05, 0.1) is 11.5 Å². The summed E-state index contributed by atoms with van der Waals surface area (Å²) in [6.07, 6.45) is 4.64. The molecule has 3 rings (SSSR count). The molecule has 0 aliphatic carbocycles. The zero-order valence-corrected chi connectivity index (χ0v) is 18.6. The molecule has 1 saturated heterocycles. The van der Waals surface area contributed by atoms with Gasteiger partial charge in [-0.05, 0) is 43.5 Å². The molecule has 2 aliphatic heterocycles. The Labute approximate surface area is 186 Å². The summed E-state index contributed by atoms with van der Waals surface area (Å²) in [6, 6.07) is 5.56. The number of hydrogen-bond acceptors (Lipinski definition) is 7. The molecule has 1 N–H and O–H groups in total. The first-order valence-corrected chi connectivity index (χ1v) is 11.3. The third-order valence-corrected chi connectivity index (χ3v) is 6.32. The molecular weight excluding hydrogens is 424 g/mol. The highest BCUT2D eigenvalue weighted by atomic mass is 32.2. The van der Waals surface area contributed by atoms with Crippen molar-refractivity contribution in [3.63, 3.8) is 0 Å². The number of aliphatic hydroxyl groups excluding tert-OH is 1. The molecule has 30 heavy (non-hydrogen) atoms. The molecule has 9 heteroatoms. The number of hydrogen-bond donors (Lipinski definition) is 1. The van der Waals surface area contributed by atoms with Gasteiger partial charge >= 0.3 is 0 Å². The molecular formula is C21H26N2O5S2. The number of nitrogens with zero attached hydrogens (tertiary/aromatic N) is 2. The second-order valence-electron chi connectivity index (χ2n) is 6.95. The van der Waals surface area contributed by atoms with Crippen LogP contribution in [0.2, 0.25) is 0 Å². The third kappa shape index (κ3) is 5.53. The van der Waals surface area contributed by atoms with Crippen molar-refractivity contribution in [2.45, 2.75) is 32.6 Å². The van der Waals surface area contributed by atoms with Gasteiger partial charge in [0.2, 0.25) is 12.7 Å². The summed E-state index contributed by atoms with van der Waals surface area (Å²) in [4.78, 5) is 28.7. The average Bonchev–Trinajstić information content (AvgIpc) is 3.30. The number of ether oxygens (including phenoxy) is 2. The smallest absolute Gasteiger partial charge is 0.266 e. The number of thioether (sulfide) groups is 1. The van der Waals surface area contributed by atoms with Crippen molar-refractivity contribution in [1.82, 2.24) is 9.80 Å². The number of thiocarbonyl (C=S) groups is 1. The van der Waals surface area contributed by atoms with E-state index in [4.69, 9.17) is 26.8 Å². The number of rotatable bonds is 10. The monoisotopic (exact) mass is 450 g/mol. The van der Waals surface area contributed by atoms with Crippen LogP contribution in [-0.2, 0) is 9.59 Å². The number of fused-ring (bicyclic) bond motifs is 1. The SMILES string of the molecule is CCN(CCO)C(=O)CCCCCN1C(=O)C(=Cc2ccc3c(c2)OCO3)SC1=S. The summed E-state index contributed by atoms with van der Waals surface area (Å²) < 4.78 is 11.3. The highest BCUT2D eigenvalue weighted by molar-refractivity contribution is 8.26. The third-order valence-electron chi connectivity index (χ3n) is 4.94. The van der Waals surface area contributed by atoms with Gasteiger partial charge in [-0.2, -0.15) is 0 Å². The molecule has 7 nitrogen and oxygen atoms in total. The lowest BCUT2D eigenvalue weighted by atomic mass is 10.1.